The molecule has 1 aliphatic carbocycles. The standard InChI is InChI=1S/C12H11BrClNO3/c13-8-5-7(1-2-9(8)14)10(16)15-6-12(3-4-12)11(17)18/h1-2,5H,3-4,6H2,(H,15,16)(H,17,18). The van der Waals surface area contributed by atoms with Crippen LogP contribution in [-0.2, 0) is 4.79 Å². The number of aliphatic carboxylic acids is 1. The summed E-state index contributed by atoms with van der Waals surface area (Å²) in [6, 6.07) is 4.82. The Bertz CT molecular complexity index is 514. The van der Waals surface area contributed by atoms with Gasteiger partial charge in [-0.25, -0.2) is 0 Å². The number of rotatable bonds is 4. The van der Waals surface area contributed by atoms with E-state index >= 15 is 0 Å². The fourth-order valence-electron chi connectivity index (χ4n) is 1.61. The summed E-state index contributed by atoms with van der Waals surface area (Å²) in [4.78, 5) is 22.8. The van der Waals surface area contributed by atoms with E-state index in [4.69, 9.17) is 16.7 Å². The van der Waals surface area contributed by atoms with Crippen LogP contribution in [0.5, 0.6) is 0 Å². The molecule has 2 N–H and O–H groups in total. The Balaban J connectivity index is 2.00. The van der Waals surface area contributed by atoms with E-state index in [1.54, 1.807) is 18.2 Å². The molecule has 0 unspecified atom stereocenters. The molecular weight excluding hydrogens is 321 g/mol. The largest absolute Gasteiger partial charge is 0.481 e. The number of carbonyl (C=O) groups excluding carboxylic acids is 1. The topological polar surface area (TPSA) is 66.4 Å². The summed E-state index contributed by atoms with van der Waals surface area (Å²) in [6.07, 6.45) is 1.24. The van der Waals surface area contributed by atoms with Crippen LogP contribution in [0.15, 0.2) is 22.7 Å². The van der Waals surface area contributed by atoms with Crippen LogP contribution >= 0.6 is 27.5 Å². The van der Waals surface area contributed by atoms with Crippen molar-refractivity contribution in [2.75, 3.05) is 6.54 Å². The molecule has 1 fully saturated rings. The molecule has 4 nitrogen and oxygen atoms in total. The summed E-state index contributed by atoms with van der Waals surface area (Å²) in [5.74, 6) is -1.14. The zero-order chi connectivity index (χ0) is 13.3. The molecule has 0 saturated heterocycles. The number of benzene rings is 1. The van der Waals surface area contributed by atoms with Gasteiger partial charge in [0.1, 0.15) is 0 Å². The van der Waals surface area contributed by atoms with Crippen LogP contribution in [0.1, 0.15) is 23.2 Å². The van der Waals surface area contributed by atoms with Gasteiger partial charge in [0.05, 0.1) is 10.4 Å². The molecule has 1 aliphatic rings. The van der Waals surface area contributed by atoms with Gasteiger partial charge in [0.25, 0.3) is 5.91 Å². The van der Waals surface area contributed by atoms with Gasteiger partial charge in [-0.3, -0.25) is 9.59 Å². The van der Waals surface area contributed by atoms with Crippen molar-refractivity contribution in [2.45, 2.75) is 12.8 Å². The molecule has 0 aromatic heterocycles. The maximum atomic E-state index is 11.8. The fraction of sp³-hybridized carbons (Fsp3) is 0.333. The van der Waals surface area contributed by atoms with Crippen molar-refractivity contribution in [3.05, 3.63) is 33.3 Å². The normalized spacial score (nSPS) is 16.1. The Kier molecular flexibility index (Phi) is 3.64. The third-order valence-corrected chi connectivity index (χ3v) is 4.29. The zero-order valence-corrected chi connectivity index (χ0v) is 11.7. The Morgan fingerprint density at radius 1 is 1.44 bits per heavy atom. The quantitative estimate of drug-likeness (QED) is 0.891. The van der Waals surface area contributed by atoms with Crippen molar-refractivity contribution >= 4 is 39.4 Å². The third kappa shape index (κ3) is 2.67. The smallest absolute Gasteiger partial charge is 0.311 e. The average Bonchev–Trinajstić information content (AvgIpc) is 3.11. The number of hydrogen-bond acceptors (Lipinski definition) is 2. The highest BCUT2D eigenvalue weighted by atomic mass is 79.9. The monoisotopic (exact) mass is 331 g/mol. The molecule has 0 aliphatic heterocycles. The van der Waals surface area contributed by atoms with E-state index in [0.29, 0.717) is 27.9 Å². The van der Waals surface area contributed by atoms with E-state index in [1.807, 2.05) is 0 Å². The predicted molar refractivity (Wildman–Crippen MR) is 70.8 cm³/mol. The summed E-state index contributed by atoms with van der Waals surface area (Å²) < 4.78 is 0.635. The second-order valence-electron chi connectivity index (χ2n) is 4.40. The van der Waals surface area contributed by atoms with E-state index < -0.39 is 11.4 Å². The minimum Gasteiger partial charge on any atom is -0.481 e. The van der Waals surface area contributed by atoms with Gasteiger partial charge in [-0.05, 0) is 47.0 Å². The van der Waals surface area contributed by atoms with Gasteiger partial charge in [0.2, 0.25) is 0 Å². The second-order valence-corrected chi connectivity index (χ2v) is 5.66. The van der Waals surface area contributed by atoms with E-state index in [1.165, 1.54) is 0 Å². The van der Waals surface area contributed by atoms with Crippen molar-refractivity contribution in [3.63, 3.8) is 0 Å². The van der Waals surface area contributed by atoms with Crippen LogP contribution in [0.2, 0.25) is 5.02 Å². The second kappa shape index (κ2) is 4.90. The highest BCUT2D eigenvalue weighted by molar-refractivity contribution is 9.10. The highest BCUT2D eigenvalue weighted by Crippen LogP contribution is 2.45. The average molecular weight is 333 g/mol. The molecule has 1 saturated carbocycles. The lowest BCUT2D eigenvalue weighted by Crippen LogP contribution is -2.34. The maximum Gasteiger partial charge on any atom is 0.311 e. The summed E-state index contributed by atoms with van der Waals surface area (Å²) in [6.45, 7) is 0.168. The Hall–Kier alpha value is -1.07. The van der Waals surface area contributed by atoms with E-state index in [9.17, 15) is 9.59 Å². The number of carboxylic acids is 1. The lowest BCUT2D eigenvalue weighted by molar-refractivity contribution is -0.143. The maximum absolute atomic E-state index is 11.8. The Labute approximate surface area is 117 Å². The van der Waals surface area contributed by atoms with E-state index in [-0.39, 0.29) is 12.5 Å². The first-order valence-electron chi connectivity index (χ1n) is 5.41. The van der Waals surface area contributed by atoms with Gasteiger partial charge in [-0.15, -0.1) is 0 Å². The van der Waals surface area contributed by atoms with E-state index in [2.05, 4.69) is 21.2 Å². The summed E-state index contributed by atoms with van der Waals surface area (Å²) in [5.41, 5.74) is -0.299. The van der Waals surface area contributed by atoms with Crippen molar-refractivity contribution in [1.29, 1.82) is 0 Å². The number of carbonyl (C=O) groups is 2. The molecular formula is C12H11BrClNO3. The number of halogens is 2. The molecule has 1 aromatic rings. The van der Waals surface area contributed by atoms with Crippen LogP contribution in [0, 0.1) is 5.41 Å². The predicted octanol–water partition coefficient (Wildman–Crippen LogP) is 2.70. The molecule has 1 amide bonds. The van der Waals surface area contributed by atoms with Crippen LogP contribution in [-0.4, -0.2) is 23.5 Å². The van der Waals surface area contributed by atoms with Gasteiger partial charge in [-0.2, -0.15) is 0 Å². The number of amides is 1. The van der Waals surface area contributed by atoms with Gasteiger partial charge in [0.15, 0.2) is 0 Å². The lowest BCUT2D eigenvalue weighted by Gasteiger charge is -2.11. The molecule has 6 heteroatoms. The van der Waals surface area contributed by atoms with Gasteiger partial charge in [0, 0.05) is 16.6 Å². The zero-order valence-electron chi connectivity index (χ0n) is 9.37. The van der Waals surface area contributed by atoms with Crippen LogP contribution in [0.3, 0.4) is 0 Å². The molecule has 0 heterocycles. The molecule has 96 valence electrons. The summed E-state index contributed by atoms with van der Waals surface area (Å²) in [5, 5.41) is 12.2. The molecule has 0 bridgehead atoms. The highest BCUT2D eigenvalue weighted by Gasteiger charge is 2.50. The van der Waals surface area contributed by atoms with Gasteiger partial charge >= 0.3 is 5.97 Å². The molecule has 0 atom stereocenters. The molecule has 18 heavy (non-hydrogen) atoms. The minimum absolute atomic E-state index is 0.168. The van der Waals surface area contributed by atoms with Gasteiger partial charge in [-0.1, -0.05) is 11.6 Å². The SMILES string of the molecule is O=C(NCC1(C(=O)O)CC1)c1ccc(Cl)c(Br)c1. The summed E-state index contributed by atoms with van der Waals surface area (Å²) in [7, 11) is 0. The van der Waals surface area contributed by atoms with Crippen molar-refractivity contribution in [3.8, 4) is 0 Å². The van der Waals surface area contributed by atoms with Crippen LogP contribution in [0.25, 0.3) is 0 Å². The van der Waals surface area contributed by atoms with Crippen molar-refractivity contribution < 1.29 is 14.7 Å². The van der Waals surface area contributed by atoms with Gasteiger partial charge < -0.3 is 10.4 Å². The minimum atomic E-state index is -0.847. The first kappa shape index (κ1) is 13.4. The number of carboxylic acid groups (broad SMARTS) is 1. The first-order valence-corrected chi connectivity index (χ1v) is 6.58. The molecule has 0 spiro atoms. The van der Waals surface area contributed by atoms with Crippen molar-refractivity contribution in [1.82, 2.24) is 5.32 Å². The lowest BCUT2D eigenvalue weighted by atomic mass is 10.1. The molecule has 1 aromatic carbocycles. The van der Waals surface area contributed by atoms with E-state index in [0.717, 1.165) is 0 Å². The first-order chi connectivity index (χ1) is 8.44. The fourth-order valence-corrected chi connectivity index (χ4v) is 2.10. The third-order valence-electron chi connectivity index (χ3n) is 3.08. The number of nitrogens with one attached hydrogen (secondary N) is 1. The number of hydrogen-bond donors (Lipinski definition) is 2. The molecule has 2 rings (SSSR count). The Morgan fingerprint density at radius 3 is 2.61 bits per heavy atom. The van der Waals surface area contributed by atoms with Crippen LogP contribution in [0.4, 0.5) is 0 Å². The summed E-state index contributed by atoms with van der Waals surface area (Å²) >= 11 is 9.06. The molecule has 0 radical (unpaired) electrons. The van der Waals surface area contributed by atoms with Crippen LogP contribution < -0.4 is 5.32 Å². The Morgan fingerprint density at radius 2 is 2.11 bits per heavy atom. The van der Waals surface area contributed by atoms with Crippen molar-refractivity contribution in [2.24, 2.45) is 5.41 Å².